The summed E-state index contributed by atoms with van der Waals surface area (Å²) in [6.07, 6.45) is 0. The lowest BCUT2D eigenvalue weighted by Gasteiger charge is -2.09. The number of aromatic nitrogens is 1. The van der Waals surface area contributed by atoms with Crippen molar-refractivity contribution >= 4 is 33.7 Å². The highest BCUT2D eigenvalue weighted by molar-refractivity contribution is 7.17. The molecule has 6 heteroatoms. The number of anilines is 1. The van der Waals surface area contributed by atoms with Crippen LogP contribution in [-0.2, 0) is 4.79 Å². The van der Waals surface area contributed by atoms with Gasteiger partial charge in [0.2, 0.25) is 5.91 Å². The highest BCUT2D eigenvalue weighted by Crippen LogP contribution is 2.32. The number of rotatable bonds is 3. The number of hydrogen-bond acceptors (Lipinski definition) is 5. The van der Waals surface area contributed by atoms with E-state index in [1.165, 1.54) is 18.3 Å². The van der Waals surface area contributed by atoms with E-state index in [-0.39, 0.29) is 11.9 Å². The van der Waals surface area contributed by atoms with Crippen molar-refractivity contribution in [3.63, 3.8) is 0 Å². The predicted octanol–water partition coefficient (Wildman–Crippen LogP) is 2.65. The van der Waals surface area contributed by atoms with Crippen molar-refractivity contribution in [3.05, 3.63) is 22.4 Å². The number of nitrogens with zero attached hydrogens (tertiary/aromatic N) is 1. The van der Waals surface area contributed by atoms with Crippen LogP contribution in [0.25, 0.3) is 10.6 Å². The van der Waals surface area contributed by atoms with Crippen LogP contribution in [0.2, 0.25) is 0 Å². The minimum absolute atomic E-state index is 0.0228. The molecule has 3 N–H and O–H groups in total. The average Bonchev–Trinajstić information content (AvgIpc) is 2.84. The number of carbonyl (C=O) groups excluding carboxylic acids is 1. The SMILES string of the molecule is CC(=O)NC(C)c1ccc(-c2csc(N)n2)s1. The fourth-order valence-electron chi connectivity index (χ4n) is 1.50. The van der Waals surface area contributed by atoms with Crippen molar-refractivity contribution in [1.29, 1.82) is 0 Å². The molecule has 1 unspecified atom stereocenters. The lowest BCUT2D eigenvalue weighted by atomic mass is 10.2. The average molecular weight is 267 g/mol. The molecule has 0 fully saturated rings. The fourth-order valence-corrected chi connectivity index (χ4v) is 3.11. The molecule has 0 aliphatic rings. The Labute approximate surface area is 107 Å². The Morgan fingerprint density at radius 1 is 1.53 bits per heavy atom. The number of carbonyl (C=O) groups is 1. The maximum Gasteiger partial charge on any atom is 0.217 e. The van der Waals surface area contributed by atoms with E-state index in [4.69, 9.17) is 5.73 Å². The number of thiophene rings is 1. The number of nitrogen functional groups attached to an aromatic ring is 1. The Kier molecular flexibility index (Phi) is 3.44. The third-order valence-electron chi connectivity index (χ3n) is 2.25. The summed E-state index contributed by atoms with van der Waals surface area (Å²) in [4.78, 5) is 17.4. The van der Waals surface area contributed by atoms with E-state index in [2.05, 4.69) is 10.3 Å². The topological polar surface area (TPSA) is 68.0 Å². The molecule has 2 rings (SSSR count). The van der Waals surface area contributed by atoms with Gasteiger partial charge in [0.05, 0.1) is 16.6 Å². The number of thiazole rings is 1. The van der Waals surface area contributed by atoms with Gasteiger partial charge in [0.15, 0.2) is 5.13 Å². The molecule has 0 aromatic carbocycles. The van der Waals surface area contributed by atoms with E-state index in [1.54, 1.807) is 11.3 Å². The van der Waals surface area contributed by atoms with E-state index >= 15 is 0 Å². The van der Waals surface area contributed by atoms with Crippen LogP contribution in [0.3, 0.4) is 0 Å². The molecule has 4 nitrogen and oxygen atoms in total. The van der Waals surface area contributed by atoms with Crippen LogP contribution < -0.4 is 11.1 Å². The second-order valence-electron chi connectivity index (χ2n) is 3.70. The van der Waals surface area contributed by atoms with Gasteiger partial charge in [-0.3, -0.25) is 4.79 Å². The van der Waals surface area contributed by atoms with Crippen molar-refractivity contribution in [1.82, 2.24) is 10.3 Å². The van der Waals surface area contributed by atoms with Gasteiger partial charge in [-0.25, -0.2) is 4.98 Å². The van der Waals surface area contributed by atoms with Crippen LogP contribution in [-0.4, -0.2) is 10.9 Å². The van der Waals surface area contributed by atoms with Gasteiger partial charge in [-0.05, 0) is 19.1 Å². The predicted molar refractivity (Wildman–Crippen MR) is 72.1 cm³/mol. The van der Waals surface area contributed by atoms with E-state index in [1.807, 2.05) is 24.4 Å². The zero-order chi connectivity index (χ0) is 12.4. The summed E-state index contributed by atoms with van der Waals surface area (Å²) < 4.78 is 0. The second-order valence-corrected chi connectivity index (χ2v) is 5.70. The monoisotopic (exact) mass is 267 g/mol. The van der Waals surface area contributed by atoms with Gasteiger partial charge in [0, 0.05) is 17.2 Å². The van der Waals surface area contributed by atoms with Crippen LogP contribution in [0.15, 0.2) is 17.5 Å². The van der Waals surface area contributed by atoms with Crippen LogP contribution >= 0.6 is 22.7 Å². The van der Waals surface area contributed by atoms with Crippen molar-refractivity contribution in [2.24, 2.45) is 0 Å². The highest BCUT2D eigenvalue weighted by Gasteiger charge is 2.11. The van der Waals surface area contributed by atoms with Gasteiger partial charge < -0.3 is 11.1 Å². The largest absolute Gasteiger partial charge is 0.375 e. The number of amides is 1. The molecule has 90 valence electrons. The second kappa shape index (κ2) is 4.85. The number of nitrogens with one attached hydrogen (secondary N) is 1. The third-order valence-corrected chi connectivity index (χ3v) is 4.21. The van der Waals surface area contributed by atoms with Crippen LogP contribution in [0, 0.1) is 0 Å². The Balaban J connectivity index is 2.18. The molecule has 0 saturated carbocycles. The van der Waals surface area contributed by atoms with Crippen LogP contribution in [0.1, 0.15) is 24.8 Å². The Morgan fingerprint density at radius 2 is 2.29 bits per heavy atom. The van der Waals surface area contributed by atoms with E-state index in [9.17, 15) is 4.79 Å². The molecule has 2 aromatic heterocycles. The first kappa shape index (κ1) is 12.1. The van der Waals surface area contributed by atoms with Crippen molar-refractivity contribution in [3.8, 4) is 10.6 Å². The number of hydrogen-bond donors (Lipinski definition) is 2. The van der Waals surface area contributed by atoms with E-state index in [0.29, 0.717) is 5.13 Å². The quantitative estimate of drug-likeness (QED) is 0.898. The van der Waals surface area contributed by atoms with E-state index < -0.39 is 0 Å². The maximum absolute atomic E-state index is 11.0. The third kappa shape index (κ3) is 2.83. The molecular formula is C11H13N3OS2. The minimum Gasteiger partial charge on any atom is -0.375 e. The highest BCUT2D eigenvalue weighted by atomic mass is 32.1. The maximum atomic E-state index is 11.0. The molecule has 2 heterocycles. The van der Waals surface area contributed by atoms with Crippen LogP contribution in [0.5, 0.6) is 0 Å². The summed E-state index contributed by atoms with van der Waals surface area (Å²) in [6, 6.07) is 4.05. The van der Waals surface area contributed by atoms with Gasteiger partial charge >= 0.3 is 0 Å². The minimum atomic E-state index is -0.0228. The summed E-state index contributed by atoms with van der Waals surface area (Å²) >= 11 is 3.05. The van der Waals surface area contributed by atoms with Gasteiger partial charge in [0.1, 0.15) is 0 Å². The summed E-state index contributed by atoms with van der Waals surface area (Å²) in [5.41, 5.74) is 6.51. The van der Waals surface area contributed by atoms with Gasteiger partial charge in [-0.2, -0.15) is 0 Å². The van der Waals surface area contributed by atoms with Gasteiger partial charge in [-0.15, -0.1) is 22.7 Å². The first-order chi connectivity index (χ1) is 8.06. The summed E-state index contributed by atoms with van der Waals surface area (Å²) in [7, 11) is 0. The first-order valence-corrected chi connectivity index (χ1v) is 6.84. The molecule has 0 aliphatic heterocycles. The molecule has 17 heavy (non-hydrogen) atoms. The molecule has 0 spiro atoms. The number of nitrogens with two attached hydrogens (primary N) is 1. The first-order valence-electron chi connectivity index (χ1n) is 5.14. The molecule has 0 aliphatic carbocycles. The van der Waals surface area contributed by atoms with Crippen molar-refractivity contribution in [2.75, 3.05) is 5.73 Å². The van der Waals surface area contributed by atoms with Crippen LogP contribution in [0.4, 0.5) is 5.13 Å². The molecule has 0 bridgehead atoms. The zero-order valence-electron chi connectivity index (χ0n) is 9.56. The summed E-state index contributed by atoms with van der Waals surface area (Å²) in [6.45, 7) is 3.48. The molecule has 0 saturated heterocycles. The zero-order valence-corrected chi connectivity index (χ0v) is 11.2. The van der Waals surface area contributed by atoms with Crippen molar-refractivity contribution < 1.29 is 4.79 Å². The molecule has 0 radical (unpaired) electrons. The Bertz CT molecular complexity index is 532. The smallest absolute Gasteiger partial charge is 0.217 e. The standard InChI is InChI=1S/C11H13N3OS2/c1-6(13-7(2)15)9-3-4-10(17-9)8-5-16-11(12)14-8/h3-6H,1-2H3,(H2,12,14)(H,13,15). The van der Waals surface area contributed by atoms with E-state index in [0.717, 1.165) is 15.4 Å². The Hall–Kier alpha value is -1.40. The fraction of sp³-hybridized carbons (Fsp3) is 0.273. The lowest BCUT2D eigenvalue weighted by molar-refractivity contribution is -0.119. The van der Waals surface area contributed by atoms with Gasteiger partial charge in [-0.1, -0.05) is 0 Å². The Morgan fingerprint density at radius 3 is 2.88 bits per heavy atom. The lowest BCUT2D eigenvalue weighted by Crippen LogP contribution is -2.22. The molecule has 2 aromatic rings. The summed E-state index contributed by atoms with van der Waals surface area (Å²) in [5.74, 6) is -0.0228. The normalized spacial score (nSPS) is 12.4. The summed E-state index contributed by atoms with van der Waals surface area (Å²) in [5, 5.41) is 5.37. The van der Waals surface area contributed by atoms with Gasteiger partial charge in [0.25, 0.3) is 0 Å². The molecule has 1 atom stereocenters. The molecule has 1 amide bonds. The molecular weight excluding hydrogens is 254 g/mol. The van der Waals surface area contributed by atoms with Crippen molar-refractivity contribution in [2.45, 2.75) is 19.9 Å².